The van der Waals surface area contributed by atoms with Crippen molar-refractivity contribution in [2.75, 3.05) is 13.2 Å². The summed E-state index contributed by atoms with van der Waals surface area (Å²) in [5, 5.41) is 18.3. The first-order valence-electron chi connectivity index (χ1n) is 4.78. The van der Waals surface area contributed by atoms with Crippen molar-refractivity contribution in [1.29, 1.82) is 0 Å². The minimum absolute atomic E-state index is 0.00444. The van der Waals surface area contributed by atoms with Gasteiger partial charge in [0, 0.05) is 25.6 Å². The molecule has 3 nitrogen and oxygen atoms in total. The van der Waals surface area contributed by atoms with E-state index < -0.39 is 0 Å². The zero-order valence-corrected chi connectivity index (χ0v) is 8.29. The van der Waals surface area contributed by atoms with Crippen LogP contribution in [0.3, 0.4) is 0 Å². The van der Waals surface area contributed by atoms with Gasteiger partial charge >= 0.3 is 0 Å². The fraction of sp³-hybridized carbons (Fsp3) is 0.900. The van der Waals surface area contributed by atoms with Crippen LogP contribution in [0.4, 0.5) is 0 Å². The molecule has 1 unspecified atom stereocenters. The van der Waals surface area contributed by atoms with Gasteiger partial charge in [-0.25, -0.2) is 0 Å². The fourth-order valence-corrected chi connectivity index (χ4v) is 2.15. The third-order valence-electron chi connectivity index (χ3n) is 3.34. The summed E-state index contributed by atoms with van der Waals surface area (Å²) in [4.78, 5) is 11.4. The summed E-state index contributed by atoms with van der Waals surface area (Å²) in [6.07, 6.45) is 1.10. The van der Waals surface area contributed by atoms with E-state index in [9.17, 15) is 9.90 Å². The molecule has 0 saturated heterocycles. The molecule has 1 rings (SSSR count). The molecule has 76 valence electrons. The van der Waals surface area contributed by atoms with Crippen molar-refractivity contribution in [3.63, 3.8) is 0 Å². The predicted octanol–water partition coefficient (Wildman–Crippen LogP) is 0.593. The Labute approximate surface area is 78.8 Å². The maximum atomic E-state index is 11.4. The van der Waals surface area contributed by atoms with Gasteiger partial charge in [0.15, 0.2) is 0 Å². The number of Topliss-reactive ketones (excluding diaryl/α,β-unsaturated/α-hetero) is 1. The number of carbonyl (C=O) groups excluding carboxylic acids is 1. The summed E-state index contributed by atoms with van der Waals surface area (Å²) < 4.78 is 0. The number of aliphatic hydroxyl groups excluding tert-OH is 2. The van der Waals surface area contributed by atoms with Gasteiger partial charge in [0.1, 0.15) is 5.78 Å². The normalized spacial score (nSPS) is 40.8. The van der Waals surface area contributed by atoms with Crippen LogP contribution in [-0.2, 0) is 4.79 Å². The molecule has 1 aliphatic rings. The van der Waals surface area contributed by atoms with Crippen molar-refractivity contribution in [2.24, 2.45) is 17.3 Å². The fourth-order valence-electron chi connectivity index (χ4n) is 2.15. The number of ketones is 1. The van der Waals surface area contributed by atoms with Crippen molar-refractivity contribution in [3.8, 4) is 0 Å². The molecule has 1 fully saturated rings. The van der Waals surface area contributed by atoms with Crippen LogP contribution in [0.15, 0.2) is 0 Å². The van der Waals surface area contributed by atoms with Crippen LogP contribution in [0.25, 0.3) is 0 Å². The first-order valence-corrected chi connectivity index (χ1v) is 4.78. The number of hydrogen-bond donors (Lipinski definition) is 2. The van der Waals surface area contributed by atoms with Crippen molar-refractivity contribution < 1.29 is 15.0 Å². The summed E-state index contributed by atoms with van der Waals surface area (Å²) in [6.45, 7) is 3.88. The topological polar surface area (TPSA) is 57.5 Å². The minimum atomic E-state index is -0.276. The summed E-state index contributed by atoms with van der Waals surface area (Å²) in [7, 11) is 0. The molecule has 3 atom stereocenters. The van der Waals surface area contributed by atoms with E-state index in [2.05, 4.69) is 0 Å². The molecule has 0 radical (unpaired) electrons. The molecule has 0 spiro atoms. The molecular weight excluding hydrogens is 168 g/mol. The molecule has 1 saturated carbocycles. The first kappa shape index (κ1) is 10.7. The maximum absolute atomic E-state index is 11.4. The Hall–Kier alpha value is -0.410. The van der Waals surface area contributed by atoms with Crippen molar-refractivity contribution in [1.82, 2.24) is 0 Å². The quantitative estimate of drug-likeness (QED) is 0.663. The summed E-state index contributed by atoms with van der Waals surface area (Å²) in [5.74, 6) is 0.172. The monoisotopic (exact) mass is 186 g/mol. The third-order valence-corrected chi connectivity index (χ3v) is 3.34. The van der Waals surface area contributed by atoms with E-state index in [0.29, 0.717) is 12.8 Å². The molecule has 0 heterocycles. The highest BCUT2D eigenvalue weighted by Gasteiger charge is 2.41. The molecule has 13 heavy (non-hydrogen) atoms. The Bertz CT molecular complexity index is 202. The lowest BCUT2D eigenvalue weighted by Gasteiger charge is -2.41. The molecule has 0 aromatic rings. The second-order valence-electron chi connectivity index (χ2n) is 4.47. The van der Waals surface area contributed by atoms with Crippen molar-refractivity contribution >= 4 is 5.78 Å². The molecule has 2 N–H and O–H groups in total. The highest BCUT2D eigenvalue weighted by atomic mass is 16.3. The Kier molecular flexibility index (Phi) is 3.09. The largest absolute Gasteiger partial charge is 0.396 e. The van der Waals surface area contributed by atoms with Crippen LogP contribution >= 0.6 is 0 Å². The minimum Gasteiger partial charge on any atom is -0.396 e. The lowest BCUT2D eigenvalue weighted by molar-refractivity contribution is -0.132. The van der Waals surface area contributed by atoms with E-state index in [4.69, 9.17) is 5.11 Å². The van der Waals surface area contributed by atoms with Crippen molar-refractivity contribution in [3.05, 3.63) is 0 Å². The third kappa shape index (κ3) is 1.92. The van der Waals surface area contributed by atoms with Crippen LogP contribution < -0.4 is 0 Å². The van der Waals surface area contributed by atoms with Gasteiger partial charge in [-0.05, 0) is 17.8 Å². The highest BCUT2D eigenvalue weighted by Crippen LogP contribution is 2.41. The standard InChI is InChI=1S/C10H18O3/c1-7-4-10(2,6-12)8(5-11)3-9(7)13/h7-8,11-12H,3-6H2,1-2H3/t7?,8-,10-/m0/s1. The van der Waals surface area contributed by atoms with E-state index in [1.54, 1.807) is 0 Å². The van der Waals surface area contributed by atoms with Crippen LogP contribution in [-0.4, -0.2) is 29.2 Å². The lowest BCUT2D eigenvalue weighted by Crippen LogP contribution is -2.42. The SMILES string of the molecule is CC1C[C@@](C)(CO)[C@H](CO)CC1=O. The van der Waals surface area contributed by atoms with Gasteiger partial charge < -0.3 is 10.2 Å². The molecular formula is C10H18O3. The summed E-state index contributed by atoms with van der Waals surface area (Å²) >= 11 is 0. The van der Waals surface area contributed by atoms with Crippen LogP contribution in [0.2, 0.25) is 0 Å². The van der Waals surface area contributed by atoms with Gasteiger partial charge in [0.2, 0.25) is 0 Å². The molecule has 0 aromatic carbocycles. The highest BCUT2D eigenvalue weighted by molar-refractivity contribution is 5.81. The van der Waals surface area contributed by atoms with E-state index >= 15 is 0 Å². The smallest absolute Gasteiger partial charge is 0.136 e. The Morgan fingerprint density at radius 1 is 1.54 bits per heavy atom. The van der Waals surface area contributed by atoms with Gasteiger partial charge in [0.25, 0.3) is 0 Å². The summed E-state index contributed by atoms with van der Waals surface area (Å²) in [6, 6.07) is 0. The maximum Gasteiger partial charge on any atom is 0.136 e. The average Bonchev–Trinajstić information content (AvgIpc) is 2.11. The first-order chi connectivity index (χ1) is 6.03. The lowest BCUT2D eigenvalue weighted by atomic mass is 9.64. The average molecular weight is 186 g/mol. The van der Waals surface area contributed by atoms with E-state index in [1.165, 1.54) is 0 Å². The van der Waals surface area contributed by atoms with Crippen LogP contribution in [0.5, 0.6) is 0 Å². The summed E-state index contributed by atoms with van der Waals surface area (Å²) in [5.41, 5.74) is -0.276. The molecule has 1 aliphatic carbocycles. The van der Waals surface area contributed by atoms with Crippen molar-refractivity contribution in [2.45, 2.75) is 26.7 Å². The van der Waals surface area contributed by atoms with Crippen LogP contribution in [0.1, 0.15) is 26.7 Å². The Morgan fingerprint density at radius 2 is 2.15 bits per heavy atom. The molecule has 0 bridgehead atoms. The van der Waals surface area contributed by atoms with Gasteiger partial charge in [-0.2, -0.15) is 0 Å². The molecule has 0 aliphatic heterocycles. The predicted molar refractivity (Wildman–Crippen MR) is 49.2 cm³/mol. The molecule has 0 aromatic heterocycles. The van der Waals surface area contributed by atoms with E-state index in [1.807, 2.05) is 13.8 Å². The number of hydrogen-bond acceptors (Lipinski definition) is 3. The number of rotatable bonds is 2. The van der Waals surface area contributed by atoms with Crippen LogP contribution in [0, 0.1) is 17.3 Å². The second kappa shape index (κ2) is 3.76. The zero-order chi connectivity index (χ0) is 10.1. The second-order valence-corrected chi connectivity index (χ2v) is 4.47. The van der Waals surface area contributed by atoms with E-state index in [-0.39, 0.29) is 36.2 Å². The Balaban J connectivity index is 2.77. The van der Waals surface area contributed by atoms with Gasteiger partial charge in [-0.15, -0.1) is 0 Å². The van der Waals surface area contributed by atoms with Gasteiger partial charge in [-0.1, -0.05) is 13.8 Å². The van der Waals surface area contributed by atoms with Gasteiger partial charge in [-0.3, -0.25) is 4.79 Å². The molecule has 3 heteroatoms. The van der Waals surface area contributed by atoms with Gasteiger partial charge in [0.05, 0.1) is 0 Å². The Morgan fingerprint density at radius 3 is 2.62 bits per heavy atom. The number of carbonyl (C=O) groups is 1. The molecule has 0 amide bonds. The number of aliphatic hydroxyl groups is 2. The zero-order valence-electron chi connectivity index (χ0n) is 8.29. The van der Waals surface area contributed by atoms with E-state index in [0.717, 1.165) is 0 Å².